The smallest absolute Gasteiger partial charge is 0.318 e. The van der Waals surface area contributed by atoms with E-state index in [2.05, 4.69) is 10.2 Å². The number of methoxy groups -OCH3 is 1. The Morgan fingerprint density at radius 1 is 1.16 bits per heavy atom. The second-order valence-corrected chi connectivity index (χ2v) is 10.1. The first-order valence-corrected chi connectivity index (χ1v) is 13.3. The van der Waals surface area contributed by atoms with Crippen LogP contribution >= 0.6 is 0 Å². The monoisotopic (exact) mass is 521 g/mol. The van der Waals surface area contributed by atoms with Gasteiger partial charge in [-0.1, -0.05) is 42.0 Å². The first-order valence-electron chi connectivity index (χ1n) is 13.3. The maximum Gasteiger partial charge on any atom is 0.318 e. The number of morpholine rings is 1. The molecule has 2 aliphatic heterocycles. The minimum absolute atomic E-state index is 0.0340. The van der Waals surface area contributed by atoms with E-state index < -0.39 is 0 Å². The lowest BCUT2D eigenvalue weighted by molar-refractivity contribution is -0.133. The van der Waals surface area contributed by atoms with E-state index in [9.17, 15) is 9.59 Å². The summed E-state index contributed by atoms with van der Waals surface area (Å²) >= 11 is 0. The molecule has 2 aromatic rings. The molecule has 1 fully saturated rings. The minimum atomic E-state index is -0.251. The third kappa shape index (κ3) is 7.11. The number of benzene rings is 2. The van der Waals surface area contributed by atoms with Gasteiger partial charge in [0.1, 0.15) is 12.3 Å². The van der Waals surface area contributed by atoms with Crippen LogP contribution in [-0.2, 0) is 9.53 Å². The van der Waals surface area contributed by atoms with Crippen molar-refractivity contribution in [1.29, 1.82) is 0 Å². The molecule has 0 spiro atoms. The summed E-state index contributed by atoms with van der Waals surface area (Å²) in [7, 11) is 1.63. The van der Waals surface area contributed by atoms with E-state index in [1.54, 1.807) is 17.0 Å². The first kappa shape index (κ1) is 27.6. The highest BCUT2D eigenvalue weighted by Gasteiger charge is 2.34. The van der Waals surface area contributed by atoms with Gasteiger partial charge >= 0.3 is 6.03 Å². The van der Waals surface area contributed by atoms with Crippen molar-refractivity contribution in [2.45, 2.75) is 39.3 Å². The second-order valence-electron chi connectivity index (χ2n) is 10.1. The molecule has 204 valence electrons. The number of nitrogens with zero attached hydrogens (tertiary/aromatic N) is 4. The van der Waals surface area contributed by atoms with Gasteiger partial charge in [-0.25, -0.2) is 9.80 Å². The number of amides is 3. The number of ether oxygens (including phenoxy) is 2. The fraction of sp³-hybridized carbons (Fsp3) is 0.483. The number of carbonyl (C=O) groups is 2. The second kappa shape index (κ2) is 12.9. The molecular formula is C29H39N5O4. The van der Waals surface area contributed by atoms with Crippen LogP contribution in [0.1, 0.15) is 43.0 Å². The number of hydrogen-bond donors (Lipinski definition) is 1. The summed E-state index contributed by atoms with van der Waals surface area (Å²) in [5.41, 5.74) is 3.89. The van der Waals surface area contributed by atoms with E-state index in [-0.39, 0.29) is 30.6 Å². The highest BCUT2D eigenvalue weighted by Crippen LogP contribution is 2.33. The average molecular weight is 522 g/mol. The van der Waals surface area contributed by atoms with Gasteiger partial charge in [0, 0.05) is 44.2 Å². The Hall–Kier alpha value is -3.43. The van der Waals surface area contributed by atoms with Crippen LogP contribution in [0.3, 0.4) is 0 Å². The highest BCUT2D eigenvalue weighted by molar-refractivity contribution is 6.03. The van der Waals surface area contributed by atoms with Crippen LogP contribution in [0.2, 0.25) is 0 Å². The van der Waals surface area contributed by atoms with Crippen molar-refractivity contribution in [3.8, 4) is 5.75 Å². The molecular weight excluding hydrogens is 482 g/mol. The Labute approximate surface area is 225 Å². The van der Waals surface area contributed by atoms with Crippen LogP contribution in [0, 0.1) is 6.92 Å². The maximum atomic E-state index is 13.8. The molecule has 1 saturated heterocycles. The van der Waals surface area contributed by atoms with Gasteiger partial charge in [-0.05, 0) is 38.5 Å². The number of hydrogen-bond acceptors (Lipinski definition) is 6. The fourth-order valence-corrected chi connectivity index (χ4v) is 4.68. The summed E-state index contributed by atoms with van der Waals surface area (Å²) in [5, 5.41) is 9.30. The van der Waals surface area contributed by atoms with Gasteiger partial charge in [-0.15, -0.1) is 0 Å². The standard InChI is InChI=1S/C29H39N5O4/c1-21(2)30-29(36)33(13-12-32-14-16-38-17-15-32)20-28(35)34-27(23-10-8-22(3)9-11-23)19-26(31-34)24-6-5-7-25(18-24)37-4/h5-11,18,21,27H,12-17,19-20H2,1-4H3,(H,30,36)/t27-/m1/s1. The van der Waals surface area contributed by atoms with E-state index in [4.69, 9.17) is 14.6 Å². The van der Waals surface area contributed by atoms with Gasteiger partial charge < -0.3 is 19.7 Å². The molecule has 9 nitrogen and oxygen atoms in total. The van der Waals surface area contributed by atoms with Crippen LogP contribution < -0.4 is 10.1 Å². The SMILES string of the molecule is COc1cccc(C2=NN(C(=O)CN(CCN3CCOCC3)C(=O)NC(C)C)[C@@H](c3ccc(C)cc3)C2)c1. The minimum Gasteiger partial charge on any atom is -0.497 e. The molecule has 0 aromatic heterocycles. The van der Waals surface area contributed by atoms with E-state index in [0.717, 1.165) is 41.2 Å². The molecule has 9 heteroatoms. The predicted octanol–water partition coefficient (Wildman–Crippen LogP) is 3.43. The number of urea groups is 1. The molecule has 1 atom stereocenters. The van der Waals surface area contributed by atoms with Crippen LogP contribution in [0.25, 0.3) is 0 Å². The summed E-state index contributed by atoms with van der Waals surface area (Å²) in [4.78, 5) is 30.7. The Kier molecular flexibility index (Phi) is 9.36. The molecule has 38 heavy (non-hydrogen) atoms. The summed E-state index contributed by atoms with van der Waals surface area (Å²) < 4.78 is 10.8. The van der Waals surface area contributed by atoms with Crippen molar-refractivity contribution in [1.82, 2.24) is 20.1 Å². The van der Waals surface area contributed by atoms with Crippen LogP contribution in [0.15, 0.2) is 53.6 Å². The Morgan fingerprint density at radius 3 is 2.58 bits per heavy atom. The molecule has 2 heterocycles. The summed E-state index contributed by atoms with van der Waals surface area (Å²) in [6.07, 6.45) is 0.577. The molecule has 4 rings (SSSR count). The van der Waals surface area contributed by atoms with Crippen LogP contribution in [0.4, 0.5) is 4.79 Å². The lowest BCUT2D eigenvalue weighted by Crippen LogP contribution is -2.50. The van der Waals surface area contributed by atoms with Crippen LogP contribution in [0.5, 0.6) is 5.75 Å². The lowest BCUT2D eigenvalue weighted by Gasteiger charge is -2.31. The Bertz CT molecular complexity index is 1130. The fourth-order valence-electron chi connectivity index (χ4n) is 4.68. The van der Waals surface area contributed by atoms with Crippen molar-refractivity contribution in [3.63, 3.8) is 0 Å². The molecule has 0 unspecified atom stereocenters. The number of rotatable bonds is 9. The van der Waals surface area contributed by atoms with Gasteiger partial charge in [0.15, 0.2) is 0 Å². The van der Waals surface area contributed by atoms with E-state index in [1.165, 1.54) is 0 Å². The molecule has 0 saturated carbocycles. The van der Waals surface area contributed by atoms with E-state index >= 15 is 0 Å². The first-order chi connectivity index (χ1) is 18.3. The number of carbonyl (C=O) groups excluding carboxylic acids is 2. The highest BCUT2D eigenvalue weighted by atomic mass is 16.5. The van der Waals surface area contributed by atoms with Gasteiger partial charge in [0.05, 0.1) is 32.1 Å². The lowest BCUT2D eigenvalue weighted by atomic mass is 9.97. The normalized spacial score (nSPS) is 17.9. The summed E-state index contributed by atoms with van der Waals surface area (Å²) in [5.74, 6) is 0.524. The van der Waals surface area contributed by atoms with Gasteiger partial charge in [-0.3, -0.25) is 9.69 Å². The topological polar surface area (TPSA) is 86.7 Å². The maximum absolute atomic E-state index is 13.8. The average Bonchev–Trinajstić information content (AvgIpc) is 3.37. The van der Waals surface area contributed by atoms with E-state index in [0.29, 0.717) is 32.7 Å². The predicted molar refractivity (Wildman–Crippen MR) is 147 cm³/mol. The quantitative estimate of drug-likeness (QED) is 0.546. The molecule has 0 aliphatic carbocycles. The third-order valence-corrected chi connectivity index (χ3v) is 6.85. The van der Waals surface area contributed by atoms with Crippen molar-refractivity contribution in [2.75, 3.05) is 53.0 Å². The number of aryl methyl sites for hydroxylation is 1. The van der Waals surface area contributed by atoms with Gasteiger partial charge in [-0.2, -0.15) is 5.10 Å². The number of hydrazone groups is 1. The number of nitrogens with one attached hydrogen (secondary N) is 1. The summed E-state index contributed by atoms with van der Waals surface area (Å²) in [6.45, 7) is 9.96. The van der Waals surface area contributed by atoms with Crippen molar-refractivity contribution in [3.05, 3.63) is 65.2 Å². The molecule has 2 aromatic carbocycles. The van der Waals surface area contributed by atoms with Crippen molar-refractivity contribution >= 4 is 17.6 Å². The largest absolute Gasteiger partial charge is 0.497 e. The molecule has 0 bridgehead atoms. The molecule has 3 amide bonds. The zero-order valence-electron chi connectivity index (χ0n) is 22.9. The zero-order chi connectivity index (χ0) is 27.1. The molecule has 2 aliphatic rings. The molecule has 0 radical (unpaired) electrons. The van der Waals surface area contributed by atoms with Crippen molar-refractivity contribution < 1.29 is 19.1 Å². The van der Waals surface area contributed by atoms with E-state index in [1.807, 2.05) is 69.3 Å². The third-order valence-electron chi connectivity index (χ3n) is 6.85. The van der Waals surface area contributed by atoms with Crippen LogP contribution in [-0.4, -0.2) is 91.5 Å². The Morgan fingerprint density at radius 2 is 1.89 bits per heavy atom. The Balaban J connectivity index is 1.57. The van der Waals surface area contributed by atoms with Gasteiger partial charge in [0.25, 0.3) is 5.91 Å². The van der Waals surface area contributed by atoms with Crippen molar-refractivity contribution in [2.24, 2.45) is 5.10 Å². The molecule has 1 N–H and O–H groups in total. The zero-order valence-corrected chi connectivity index (χ0v) is 22.9. The summed E-state index contributed by atoms with van der Waals surface area (Å²) in [6, 6.07) is 15.4. The van der Waals surface area contributed by atoms with Gasteiger partial charge in [0.2, 0.25) is 0 Å².